The van der Waals surface area contributed by atoms with Crippen LogP contribution in [0.2, 0.25) is 0 Å². The first-order valence-corrected chi connectivity index (χ1v) is 6.94. The van der Waals surface area contributed by atoms with Gasteiger partial charge in [0.1, 0.15) is 0 Å². The third kappa shape index (κ3) is 3.99. The lowest BCUT2D eigenvalue weighted by Crippen LogP contribution is -2.31. The Morgan fingerprint density at radius 3 is 2.72 bits per heavy atom. The van der Waals surface area contributed by atoms with Crippen molar-refractivity contribution in [2.45, 2.75) is 33.1 Å². The molecule has 0 radical (unpaired) electrons. The average molecular weight is 314 g/mol. The Balaban J connectivity index is 2.90. The van der Waals surface area contributed by atoms with Crippen molar-refractivity contribution in [3.05, 3.63) is 27.7 Å². The SMILES string of the molecule is CCCCCNc1c(C)cc(Br)cc1C(=O)NN. The highest BCUT2D eigenvalue weighted by Crippen LogP contribution is 2.25. The molecule has 1 rings (SSSR count). The lowest BCUT2D eigenvalue weighted by molar-refractivity contribution is 0.0954. The quantitative estimate of drug-likeness (QED) is 0.327. The zero-order valence-electron chi connectivity index (χ0n) is 10.8. The molecule has 1 aromatic carbocycles. The maximum Gasteiger partial charge on any atom is 0.267 e. The molecule has 0 aromatic heterocycles. The second-order valence-electron chi connectivity index (χ2n) is 4.25. The fraction of sp³-hybridized carbons (Fsp3) is 0.462. The summed E-state index contributed by atoms with van der Waals surface area (Å²) in [5.41, 5.74) is 4.63. The van der Waals surface area contributed by atoms with Gasteiger partial charge in [0.25, 0.3) is 5.91 Å². The van der Waals surface area contributed by atoms with E-state index in [9.17, 15) is 4.79 Å². The highest BCUT2D eigenvalue weighted by atomic mass is 79.9. The number of unbranched alkanes of at least 4 members (excludes halogenated alkanes) is 2. The number of halogens is 1. The number of nitrogen functional groups attached to an aromatic ring is 1. The number of hydrogen-bond donors (Lipinski definition) is 3. The Kier molecular flexibility index (Phi) is 6.15. The van der Waals surface area contributed by atoms with Crippen molar-refractivity contribution in [3.8, 4) is 0 Å². The van der Waals surface area contributed by atoms with Gasteiger partial charge >= 0.3 is 0 Å². The van der Waals surface area contributed by atoms with E-state index in [4.69, 9.17) is 5.84 Å². The Labute approximate surface area is 116 Å². The van der Waals surface area contributed by atoms with Crippen molar-refractivity contribution in [2.24, 2.45) is 5.84 Å². The molecular weight excluding hydrogens is 294 g/mol. The van der Waals surface area contributed by atoms with E-state index < -0.39 is 0 Å². The maximum atomic E-state index is 11.7. The van der Waals surface area contributed by atoms with Gasteiger partial charge in [0.2, 0.25) is 0 Å². The van der Waals surface area contributed by atoms with E-state index in [2.05, 4.69) is 33.6 Å². The van der Waals surface area contributed by atoms with Crippen LogP contribution in [0.1, 0.15) is 42.1 Å². The van der Waals surface area contributed by atoms with Gasteiger partial charge in [0, 0.05) is 11.0 Å². The molecule has 4 nitrogen and oxygen atoms in total. The summed E-state index contributed by atoms with van der Waals surface area (Å²) in [4.78, 5) is 11.7. The summed E-state index contributed by atoms with van der Waals surface area (Å²) < 4.78 is 0.873. The smallest absolute Gasteiger partial charge is 0.267 e. The van der Waals surface area contributed by atoms with Crippen LogP contribution >= 0.6 is 15.9 Å². The monoisotopic (exact) mass is 313 g/mol. The number of carbonyl (C=O) groups is 1. The van der Waals surface area contributed by atoms with Gasteiger partial charge in [-0.3, -0.25) is 10.2 Å². The molecule has 0 aliphatic carbocycles. The number of nitrogens with two attached hydrogens (primary N) is 1. The van der Waals surface area contributed by atoms with Crippen LogP contribution in [0.4, 0.5) is 5.69 Å². The predicted molar refractivity (Wildman–Crippen MR) is 78.5 cm³/mol. The molecule has 0 aliphatic rings. The molecule has 5 heteroatoms. The van der Waals surface area contributed by atoms with Gasteiger partial charge in [0.15, 0.2) is 0 Å². The van der Waals surface area contributed by atoms with Crippen LogP contribution < -0.4 is 16.6 Å². The van der Waals surface area contributed by atoms with Crippen molar-refractivity contribution in [3.63, 3.8) is 0 Å². The van der Waals surface area contributed by atoms with Gasteiger partial charge in [-0.25, -0.2) is 5.84 Å². The van der Waals surface area contributed by atoms with E-state index in [1.165, 1.54) is 12.8 Å². The Morgan fingerprint density at radius 2 is 2.11 bits per heavy atom. The number of carbonyl (C=O) groups excluding carboxylic acids is 1. The Hall–Kier alpha value is -1.07. The fourth-order valence-corrected chi connectivity index (χ4v) is 2.40. The molecule has 0 fully saturated rings. The first-order valence-electron chi connectivity index (χ1n) is 6.15. The molecular formula is C13H20BrN3O. The van der Waals surface area contributed by atoms with E-state index in [-0.39, 0.29) is 5.91 Å². The van der Waals surface area contributed by atoms with Crippen LogP contribution in [0.25, 0.3) is 0 Å². The molecule has 0 heterocycles. The molecule has 0 saturated heterocycles. The highest BCUT2D eigenvalue weighted by molar-refractivity contribution is 9.10. The summed E-state index contributed by atoms with van der Waals surface area (Å²) in [6.45, 7) is 5.00. The van der Waals surface area contributed by atoms with Gasteiger partial charge in [-0.15, -0.1) is 0 Å². The van der Waals surface area contributed by atoms with Crippen LogP contribution in [0.3, 0.4) is 0 Å². The number of rotatable bonds is 6. The zero-order valence-corrected chi connectivity index (χ0v) is 12.4. The molecule has 100 valence electrons. The molecule has 1 aromatic rings. The largest absolute Gasteiger partial charge is 0.384 e. The lowest BCUT2D eigenvalue weighted by Gasteiger charge is -2.14. The Morgan fingerprint density at radius 1 is 1.39 bits per heavy atom. The van der Waals surface area contributed by atoms with E-state index in [0.717, 1.165) is 28.7 Å². The van der Waals surface area contributed by atoms with Crippen LogP contribution in [0, 0.1) is 6.92 Å². The number of anilines is 1. The third-order valence-corrected chi connectivity index (χ3v) is 3.22. The zero-order chi connectivity index (χ0) is 13.5. The molecule has 0 saturated carbocycles. The molecule has 0 spiro atoms. The van der Waals surface area contributed by atoms with Gasteiger partial charge in [-0.05, 0) is 31.0 Å². The van der Waals surface area contributed by atoms with Gasteiger partial charge in [0.05, 0.1) is 11.3 Å². The second kappa shape index (κ2) is 7.38. The van der Waals surface area contributed by atoms with Gasteiger partial charge < -0.3 is 5.32 Å². The van der Waals surface area contributed by atoms with E-state index in [1.807, 2.05) is 13.0 Å². The predicted octanol–water partition coefficient (Wildman–Crippen LogP) is 2.96. The van der Waals surface area contributed by atoms with Gasteiger partial charge in [-0.1, -0.05) is 35.7 Å². The number of nitrogens with one attached hydrogen (secondary N) is 2. The minimum absolute atomic E-state index is 0.280. The number of aryl methyl sites for hydroxylation is 1. The fourth-order valence-electron chi connectivity index (χ4n) is 1.82. The normalized spacial score (nSPS) is 10.2. The van der Waals surface area contributed by atoms with Crippen LogP contribution in [0.15, 0.2) is 16.6 Å². The Bertz CT molecular complexity index is 421. The molecule has 4 N–H and O–H groups in total. The molecule has 18 heavy (non-hydrogen) atoms. The van der Waals surface area contributed by atoms with Crippen molar-refractivity contribution >= 4 is 27.5 Å². The number of benzene rings is 1. The maximum absolute atomic E-state index is 11.7. The number of hydrazine groups is 1. The minimum Gasteiger partial charge on any atom is -0.384 e. The highest BCUT2D eigenvalue weighted by Gasteiger charge is 2.13. The first-order chi connectivity index (χ1) is 8.60. The molecule has 0 aliphatic heterocycles. The van der Waals surface area contributed by atoms with Crippen molar-refractivity contribution < 1.29 is 4.79 Å². The van der Waals surface area contributed by atoms with E-state index in [0.29, 0.717) is 5.56 Å². The minimum atomic E-state index is -0.280. The van der Waals surface area contributed by atoms with Crippen molar-refractivity contribution in [1.29, 1.82) is 0 Å². The topological polar surface area (TPSA) is 67.2 Å². The number of amides is 1. The first kappa shape index (κ1) is 15.0. The van der Waals surface area contributed by atoms with E-state index in [1.54, 1.807) is 6.07 Å². The van der Waals surface area contributed by atoms with E-state index >= 15 is 0 Å². The summed E-state index contributed by atoms with van der Waals surface area (Å²) in [5, 5.41) is 3.32. The van der Waals surface area contributed by atoms with Crippen molar-refractivity contribution in [1.82, 2.24) is 5.43 Å². The van der Waals surface area contributed by atoms with Crippen LogP contribution in [0.5, 0.6) is 0 Å². The lowest BCUT2D eigenvalue weighted by atomic mass is 10.1. The summed E-state index contributed by atoms with van der Waals surface area (Å²) in [6, 6.07) is 3.76. The van der Waals surface area contributed by atoms with Gasteiger partial charge in [-0.2, -0.15) is 0 Å². The molecule has 0 atom stereocenters. The summed E-state index contributed by atoms with van der Waals surface area (Å²) in [7, 11) is 0. The third-order valence-electron chi connectivity index (χ3n) is 2.76. The summed E-state index contributed by atoms with van der Waals surface area (Å²) in [5.74, 6) is 4.93. The number of hydrogen-bond acceptors (Lipinski definition) is 3. The molecule has 0 unspecified atom stereocenters. The molecule has 0 bridgehead atoms. The van der Waals surface area contributed by atoms with Crippen LogP contribution in [-0.4, -0.2) is 12.5 Å². The van der Waals surface area contributed by atoms with Crippen molar-refractivity contribution in [2.75, 3.05) is 11.9 Å². The standard InChI is InChI=1S/C13H20BrN3O/c1-3-4-5-6-16-12-9(2)7-10(14)8-11(12)13(18)17-15/h7-8,16H,3-6,15H2,1-2H3,(H,17,18). The molecule has 1 amide bonds. The second-order valence-corrected chi connectivity index (χ2v) is 5.17. The average Bonchev–Trinajstić information content (AvgIpc) is 2.35. The summed E-state index contributed by atoms with van der Waals surface area (Å²) in [6.07, 6.45) is 3.45. The van der Waals surface area contributed by atoms with Crippen LogP contribution in [-0.2, 0) is 0 Å². The summed E-state index contributed by atoms with van der Waals surface area (Å²) >= 11 is 3.39.